The molecule has 4 aliphatic rings. The van der Waals surface area contributed by atoms with Crippen LogP contribution in [0.4, 0.5) is 0 Å². The molecule has 4 bridgehead atoms. The highest BCUT2D eigenvalue weighted by Crippen LogP contribution is 2.67. The zero-order chi connectivity index (χ0) is 10.2. The normalized spacial score (nSPS) is 60.8. The second kappa shape index (κ2) is 2.10. The van der Waals surface area contributed by atoms with Crippen molar-refractivity contribution < 1.29 is 4.79 Å². The molecule has 0 heterocycles. The predicted octanol–water partition coefficient (Wildman–Crippen LogP) is 3.18. The molecule has 4 fully saturated rings. The fourth-order valence-electron chi connectivity index (χ4n) is 5.50. The first-order valence-electron chi connectivity index (χ1n) is 5.89. The summed E-state index contributed by atoms with van der Waals surface area (Å²) in [4.78, 5) is 12.2. The van der Waals surface area contributed by atoms with Crippen molar-refractivity contribution in [3.8, 4) is 0 Å². The summed E-state index contributed by atoms with van der Waals surface area (Å²) in [6, 6.07) is 0. The van der Waals surface area contributed by atoms with Gasteiger partial charge in [-0.15, -0.1) is 0 Å². The maximum atomic E-state index is 12.2. The van der Waals surface area contributed by atoms with Gasteiger partial charge in [0.05, 0.1) is 0 Å². The summed E-state index contributed by atoms with van der Waals surface area (Å²) in [5.74, 6) is 0.999. The molecule has 4 saturated carbocycles. The molecule has 2 atom stereocenters. The lowest BCUT2D eigenvalue weighted by Gasteiger charge is -2.63. The van der Waals surface area contributed by atoms with Crippen LogP contribution in [-0.4, -0.2) is 5.78 Å². The largest absolute Gasteiger partial charge is 0.299 e. The molecule has 78 valence electrons. The van der Waals surface area contributed by atoms with Crippen LogP contribution in [0.2, 0.25) is 0 Å². The number of hydrogen-bond acceptors (Lipinski definition) is 1. The van der Waals surface area contributed by atoms with Crippen LogP contribution >= 0.6 is 0 Å². The molecule has 0 N–H and O–H groups in total. The van der Waals surface area contributed by atoms with E-state index in [1.54, 1.807) is 0 Å². The lowest BCUT2D eigenvalue weighted by atomic mass is 9.40. The topological polar surface area (TPSA) is 17.1 Å². The number of carbonyl (C=O) groups excluding carboxylic acids is 1. The molecule has 0 saturated heterocycles. The summed E-state index contributed by atoms with van der Waals surface area (Å²) in [5, 5.41) is 0. The van der Waals surface area contributed by atoms with Crippen molar-refractivity contribution >= 4 is 5.78 Å². The maximum Gasteiger partial charge on any atom is 0.141 e. The summed E-state index contributed by atoms with van der Waals surface area (Å²) in [6.07, 6.45) is 6.03. The van der Waals surface area contributed by atoms with Crippen molar-refractivity contribution in [3.05, 3.63) is 0 Å². The quantitative estimate of drug-likeness (QED) is 0.576. The molecule has 0 aliphatic heterocycles. The molecule has 1 heteroatoms. The molecule has 0 aromatic rings. The molecular weight excluding hydrogens is 172 g/mol. The van der Waals surface area contributed by atoms with Gasteiger partial charge >= 0.3 is 0 Å². The monoisotopic (exact) mass is 192 g/mol. The molecule has 1 nitrogen and oxygen atoms in total. The van der Waals surface area contributed by atoms with Gasteiger partial charge in [-0.25, -0.2) is 0 Å². The van der Waals surface area contributed by atoms with E-state index in [-0.39, 0.29) is 5.41 Å². The van der Waals surface area contributed by atoms with Crippen molar-refractivity contribution in [1.29, 1.82) is 0 Å². The van der Waals surface area contributed by atoms with Crippen LogP contribution in [0.15, 0.2) is 0 Å². The molecule has 0 spiro atoms. The Hall–Kier alpha value is -0.330. The van der Waals surface area contributed by atoms with Crippen molar-refractivity contribution in [2.75, 3.05) is 0 Å². The van der Waals surface area contributed by atoms with Crippen LogP contribution < -0.4 is 0 Å². The van der Waals surface area contributed by atoms with Gasteiger partial charge in [0, 0.05) is 11.3 Å². The van der Waals surface area contributed by atoms with E-state index in [1.807, 2.05) is 0 Å². The Morgan fingerprint density at radius 2 is 1.50 bits per heavy atom. The molecular formula is C13H20O. The Bertz CT molecular complexity index is 299. The van der Waals surface area contributed by atoms with Crippen LogP contribution in [0.25, 0.3) is 0 Å². The SMILES string of the molecule is CC12CC3CC(C)(C1)CC(C)(C2)C3=O. The van der Waals surface area contributed by atoms with E-state index >= 15 is 0 Å². The van der Waals surface area contributed by atoms with Crippen molar-refractivity contribution in [3.63, 3.8) is 0 Å². The summed E-state index contributed by atoms with van der Waals surface area (Å²) in [5.41, 5.74) is 1.01. The second-order valence-electron chi connectivity index (χ2n) is 7.18. The smallest absolute Gasteiger partial charge is 0.141 e. The summed E-state index contributed by atoms with van der Waals surface area (Å²) >= 11 is 0. The van der Waals surface area contributed by atoms with E-state index in [0.717, 1.165) is 12.8 Å². The highest BCUT2D eigenvalue weighted by Gasteiger charge is 2.62. The Kier molecular flexibility index (Phi) is 1.34. The number of hydrogen-bond donors (Lipinski definition) is 0. The maximum absolute atomic E-state index is 12.2. The van der Waals surface area contributed by atoms with Gasteiger partial charge in [-0.2, -0.15) is 0 Å². The summed E-state index contributed by atoms with van der Waals surface area (Å²) < 4.78 is 0. The average molecular weight is 192 g/mol. The van der Waals surface area contributed by atoms with Crippen molar-refractivity contribution in [2.24, 2.45) is 22.2 Å². The fourth-order valence-corrected chi connectivity index (χ4v) is 5.50. The number of ketones is 1. The first-order chi connectivity index (χ1) is 6.34. The number of rotatable bonds is 0. The Morgan fingerprint density at radius 3 is 1.93 bits per heavy atom. The van der Waals surface area contributed by atoms with E-state index in [9.17, 15) is 4.79 Å². The Labute approximate surface area is 86.3 Å². The molecule has 0 radical (unpaired) electrons. The van der Waals surface area contributed by atoms with Gasteiger partial charge in [-0.05, 0) is 42.9 Å². The molecule has 0 aromatic carbocycles. The van der Waals surface area contributed by atoms with E-state index in [0.29, 0.717) is 22.5 Å². The number of carbonyl (C=O) groups is 1. The van der Waals surface area contributed by atoms with E-state index in [2.05, 4.69) is 20.8 Å². The minimum Gasteiger partial charge on any atom is -0.299 e. The molecule has 14 heavy (non-hydrogen) atoms. The standard InChI is InChI=1S/C13H20O/c1-11-4-9-5-12(2,6-11)8-13(3,7-11)10(9)14/h9H,4-8H2,1-3H3. The van der Waals surface area contributed by atoms with Crippen LogP contribution in [0.3, 0.4) is 0 Å². The third kappa shape index (κ3) is 0.936. The van der Waals surface area contributed by atoms with E-state index in [4.69, 9.17) is 0 Å². The lowest BCUT2D eigenvalue weighted by molar-refractivity contribution is -0.171. The van der Waals surface area contributed by atoms with Gasteiger partial charge in [0.25, 0.3) is 0 Å². The fraction of sp³-hybridized carbons (Fsp3) is 0.923. The van der Waals surface area contributed by atoms with Gasteiger partial charge in [0.2, 0.25) is 0 Å². The van der Waals surface area contributed by atoms with E-state index in [1.165, 1.54) is 19.3 Å². The minimum absolute atomic E-state index is 0.0446. The third-order valence-corrected chi connectivity index (χ3v) is 4.93. The van der Waals surface area contributed by atoms with Crippen molar-refractivity contribution in [2.45, 2.75) is 52.9 Å². The lowest BCUT2D eigenvalue weighted by Crippen LogP contribution is -2.59. The first kappa shape index (κ1) is 8.94. The molecule has 0 aromatic heterocycles. The van der Waals surface area contributed by atoms with Crippen LogP contribution in [0.1, 0.15) is 52.9 Å². The van der Waals surface area contributed by atoms with E-state index < -0.39 is 0 Å². The first-order valence-corrected chi connectivity index (χ1v) is 5.89. The average Bonchev–Trinajstić information content (AvgIpc) is 1.94. The number of Topliss-reactive ketones (excluding diaryl/α,β-unsaturated/α-hetero) is 1. The second-order valence-corrected chi connectivity index (χ2v) is 7.18. The summed E-state index contributed by atoms with van der Waals surface area (Å²) in [7, 11) is 0. The zero-order valence-corrected chi connectivity index (χ0v) is 9.52. The van der Waals surface area contributed by atoms with Crippen LogP contribution in [-0.2, 0) is 4.79 Å². The molecule has 0 amide bonds. The zero-order valence-electron chi connectivity index (χ0n) is 9.52. The Morgan fingerprint density at radius 1 is 1.00 bits per heavy atom. The summed E-state index contributed by atoms with van der Waals surface area (Å²) in [6.45, 7) is 7.03. The highest BCUT2D eigenvalue weighted by molar-refractivity contribution is 5.89. The Balaban J connectivity index is 2.10. The van der Waals surface area contributed by atoms with Crippen LogP contribution in [0.5, 0.6) is 0 Å². The molecule has 4 rings (SSSR count). The van der Waals surface area contributed by atoms with Crippen LogP contribution in [0, 0.1) is 22.2 Å². The predicted molar refractivity (Wildman–Crippen MR) is 55.9 cm³/mol. The van der Waals surface area contributed by atoms with Gasteiger partial charge in [0.15, 0.2) is 0 Å². The van der Waals surface area contributed by atoms with Gasteiger partial charge in [0.1, 0.15) is 5.78 Å². The van der Waals surface area contributed by atoms with Gasteiger partial charge < -0.3 is 0 Å². The minimum atomic E-state index is 0.0446. The molecule has 4 aliphatic carbocycles. The highest BCUT2D eigenvalue weighted by atomic mass is 16.1. The van der Waals surface area contributed by atoms with Gasteiger partial charge in [-0.1, -0.05) is 20.8 Å². The third-order valence-electron chi connectivity index (χ3n) is 4.93. The molecule has 2 unspecified atom stereocenters. The van der Waals surface area contributed by atoms with Gasteiger partial charge in [-0.3, -0.25) is 4.79 Å². The van der Waals surface area contributed by atoms with Crippen molar-refractivity contribution in [1.82, 2.24) is 0 Å².